The molecule has 9 aliphatic rings. The summed E-state index contributed by atoms with van der Waals surface area (Å²) in [5.74, 6) is 20.6. The molecule has 1 heterocycles. The molecule has 1 aliphatic heterocycles. The molecule has 0 spiro atoms. The molecule has 10 rings (SSSR count). The fourth-order valence-electron chi connectivity index (χ4n) is 18.0. The Labute approximate surface area is 565 Å². The fraction of sp³-hybridized carbons (Fsp3) is 0.838. The van der Waals surface area contributed by atoms with Crippen LogP contribution in [0.25, 0.3) is 0 Å². The van der Waals surface area contributed by atoms with E-state index in [-0.39, 0.29) is 11.9 Å². The number of Topliss-reactive ketones (excluding diaryl/α,β-unsaturated/α-hetero) is 1. The largest absolute Gasteiger partial charge is 0.378 e. The number of hydrogen-bond acceptors (Lipinski definition) is 5. The Morgan fingerprint density at radius 3 is 1.18 bits per heavy atom. The van der Waals surface area contributed by atoms with Gasteiger partial charge < -0.3 is 19.7 Å². The monoisotopic (exact) mass is 1400 g/mol. The van der Waals surface area contributed by atoms with E-state index in [9.17, 15) is 15.0 Å². The number of terminal acetylenes is 2. The number of ketones is 1. The third-order valence-corrected chi connectivity index (χ3v) is 25.8. The SMILES string of the molecule is Brc1ccc(I)cc1.C#CC1(O)CCC(C2CCC(CCC)CC2)CC1.C#CC1(OC2CCCCO2)CCC(C2CCC(CCC)CC2)CC1.CCCC1CCC(C2CCC(=O)CC2)CC1.CCCC1CCC(C2CCC(O)(C#C[Si](C)(C)C)CC2)CC1. The molecule has 8 heteroatoms. The first-order valence-electron chi connectivity index (χ1n) is 37.5. The molecule has 8 saturated carbocycles. The highest BCUT2D eigenvalue weighted by Crippen LogP contribution is 2.48. The van der Waals surface area contributed by atoms with Crippen LogP contribution < -0.4 is 0 Å². The van der Waals surface area contributed by atoms with Crippen LogP contribution in [0.1, 0.15) is 304 Å². The van der Waals surface area contributed by atoms with E-state index in [1.807, 2.05) is 12.1 Å². The second-order valence-corrected chi connectivity index (χ2v) is 38.3. The van der Waals surface area contributed by atoms with Crippen LogP contribution in [0.3, 0.4) is 0 Å². The van der Waals surface area contributed by atoms with Crippen LogP contribution >= 0.6 is 38.5 Å². The van der Waals surface area contributed by atoms with Gasteiger partial charge in [-0.05, 0) is 278 Å². The van der Waals surface area contributed by atoms with Crippen LogP contribution in [-0.4, -0.2) is 53.8 Å². The maximum absolute atomic E-state index is 11.2. The zero-order valence-corrected chi connectivity index (χ0v) is 62.2. The van der Waals surface area contributed by atoms with E-state index in [1.54, 1.807) is 0 Å². The van der Waals surface area contributed by atoms with Crippen LogP contribution in [0.2, 0.25) is 19.6 Å². The van der Waals surface area contributed by atoms with Crippen LogP contribution in [-0.2, 0) is 14.3 Å². The molecule has 1 aromatic rings. The number of carbonyl (C=O) groups is 1. The van der Waals surface area contributed by atoms with Gasteiger partial charge in [0.2, 0.25) is 0 Å². The topological polar surface area (TPSA) is 76.0 Å². The molecule has 1 aromatic carbocycles. The molecule has 0 radical (unpaired) electrons. The summed E-state index contributed by atoms with van der Waals surface area (Å²) in [7, 11) is -1.37. The van der Waals surface area contributed by atoms with Crippen molar-refractivity contribution < 1.29 is 24.5 Å². The van der Waals surface area contributed by atoms with Gasteiger partial charge >= 0.3 is 0 Å². The average molecular weight is 1410 g/mol. The zero-order chi connectivity index (χ0) is 63.4. The third kappa shape index (κ3) is 26.9. The van der Waals surface area contributed by atoms with E-state index in [0.29, 0.717) is 5.78 Å². The van der Waals surface area contributed by atoms with Crippen LogP contribution in [0, 0.1) is 111 Å². The number of carbonyl (C=O) groups excluding carboxylic acids is 1. The molecule has 1 unspecified atom stereocenters. The van der Waals surface area contributed by atoms with Gasteiger partial charge in [-0.15, -0.1) is 18.4 Å². The summed E-state index contributed by atoms with van der Waals surface area (Å²) in [6.07, 6.45) is 65.7. The Balaban J connectivity index is 0.000000181. The Morgan fingerprint density at radius 2 is 0.864 bits per heavy atom. The normalized spacial score (nSPS) is 35.5. The van der Waals surface area contributed by atoms with E-state index in [2.05, 4.69) is 121 Å². The van der Waals surface area contributed by atoms with Gasteiger partial charge in [-0.1, -0.05) is 184 Å². The van der Waals surface area contributed by atoms with Crippen LogP contribution in [0.15, 0.2) is 28.7 Å². The lowest BCUT2D eigenvalue weighted by Crippen LogP contribution is -2.42. The molecule has 9 fully saturated rings. The summed E-state index contributed by atoms with van der Waals surface area (Å²) in [5.41, 5.74) is 1.58. The lowest BCUT2D eigenvalue weighted by molar-refractivity contribution is -0.217. The van der Waals surface area contributed by atoms with Crippen LogP contribution in [0.5, 0.6) is 0 Å². The highest BCUT2D eigenvalue weighted by atomic mass is 127. The lowest BCUT2D eigenvalue weighted by Gasteiger charge is -2.42. The van der Waals surface area contributed by atoms with Crippen molar-refractivity contribution in [2.45, 2.75) is 347 Å². The average Bonchev–Trinajstić information content (AvgIpc) is 3.61. The first-order chi connectivity index (χ1) is 42.3. The number of benzene rings is 1. The summed E-state index contributed by atoms with van der Waals surface area (Å²) in [5, 5.41) is 20.8. The Kier molecular flexibility index (Phi) is 34.2. The molecule has 8 aliphatic carbocycles. The highest BCUT2D eigenvalue weighted by Gasteiger charge is 2.41. The van der Waals surface area contributed by atoms with E-state index in [1.165, 1.54) is 203 Å². The minimum Gasteiger partial charge on any atom is -0.378 e. The summed E-state index contributed by atoms with van der Waals surface area (Å²) < 4.78 is 14.5. The minimum absolute atomic E-state index is 0.0594. The number of aliphatic hydroxyl groups is 2. The first-order valence-corrected chi connectivity index (χ1v) is 42.8. The number of halogens is 2. The Hall–Kier alpha value is -1.16. The minimum atomic E-state index is -1.37. The molecule has 0 amide bonds. The van der Waals surface area contributed by atoms with Gasteiger partial charge in [0.05, 0.1) is 0 Å². The summed E-state index contributed by atoms with van der Waals surface area (Å²) in [6.45, 7) is 16.8. The standard InChI is InChI=1S/C22H36O2.C20H36OSi.C17H28O.C15H26O.C6H4BrI/c1-3-7-18-9-11-19(12-10-18)20-13-15-22(4-2,16-14-20)24-21-8-5-6-17-23-21;1-5-6-17-7-9-18(10-8-17)19-11-13-20(21,14-12-19)15-16-22(2,3)4;1-3-5-14-6-8-15(9-7-14)16-10-12-17(18,4-2)13-11-16;1-2-3-12-4-6-13(7-5-12)14-8-10-15(16)11-9-14;7-5-1-3-6(8)4-2-5/h2,18-21H,3,5-17H2,1H3;17-19,21H,5-14H2,1-4H3;2,14-16,18H,3,5-13H2,1H3;12-14H,2-11H2,1H3;1-4H. The van der Waals surface area contributed by atoms with Crippen molar-refractivity contribution in [1.82, 2.24) is 0 Å². The van der Waals surface area contributed by atoms with Crippen LogP contribution in [0.4, 0.5) is 0 Å². The second kappa shape index (κ2) is 39.6. The molecular weight excluding hydrogens is 1280 g/mol. The van der Waals surface area contributed by atoms with Gasteiger partial charge in [0.25, 0.3) is 0 Å². The van der Waals surface area contributed by atoms with Crippen molar-refractivity contribution in [3.8, 4) is 36.2 Å². The summed E-state index contributed by atoms with van der Waals surface area (Å²) in [6, 6.07) is 8.18. The zero-order valence-electron chi connectivity index (χ0n) is 57.5. The van der Waals surface area contributed by atoms with Gasteiger partial charge in [-0.3, -0.25) is 4.79 Å². The molecule has 498 valence electrons. The molecule has 5 nitrogen and oxygen atoms in total. The van der Waals surface area contributed by atoms with E-state index in [4.69, 9.17) is 22.3 Å². The molecular formula is C80H130BrIO5Si. The van der Waals surface area contributed by atoms with Crippen molar-refractivity contribution in [3.63, 3.8) is 0 Å². The van der Waals surface area contributed by atoms with E-state index < -0.39 is 19.3 Å². The summed E-state index contributed by atoms with van der Waals surface area (Å²) in [4.78, 5) is 11.2. The Bertz CT molecular complexity index is 2180. The first kappa shape index (κ1) is 75.9. The predicted octanol–water partition coefficient (Wildman–Crippen LogP) is 22.6. The van der Waals surface area contributed by atoms with Crippen molar-refractivity contribution in [1.29, 1.82) is 0 Å². The van der Waals surface area contributed by atoms with Crippen molar-refractivity contribution in [2.75, 3.05) is 6.61 Å². The summed E-state index contributed by atoms with van der Waals surface area (Å²) >= 11 is 5.62. The third-order valence-electron chi connectivity index (χ3n) is 23.7. The maximum Gasteiger partial charge on any atom is 0.159 e. The molecule has 88 heavy (non-hydrogen) atoms. The van der Waals surface area contributed by atoms with Crippen molar-refractivity contribution in [3.05, 3.63) is 32.3 Å². The highest BCUT2D eigenvalue weighted by molar-refractivity contribution is 14.1. The number of rotatable bonds is 14. The van der Waals surface area contributed by atoms with Crippen molar-refractivity contribution in [2.24, 2.45) is 71.0 Å². The van der Waals surface area contributed by atoms with Crippen molar-refractivity contribution >= 4 is 52.4 Å². The quantitative estimate of drug-likeness (QED) is 0.110. The number of hydrogen-bond donors (Lipinski definition) is 2. The fourth-order valence-corrected chi connectivity index (χ4v) is 19.2. The predicted molar refractivity (Wildman–Crippen MR) is 387 cm³/mol. The molecule has 1 saturated heterocycles. The van der Waals surface area contributed by atoms with E-state index >= 15 is 0 Å². The van der Waals surface area contributed by atoms with Gasteiger partial charge in [-0.2, -0.15) is 0 Å². The maximum atomic E-state index is 11.2. The van der Waals surface area contributed by atoms with Gasteiger partial charge in [-0.25, -0.2) is 0 Å². The lowest BCUT2D eigenvalue weighted by atomic mass is 9.68. The molecule has 0 bridgehead atoms. The molecule has 2 N–H and O–H groups in total. The number of ether oxygens (including phenoxy) is 2. The molecule has 0 aromatic heterocycles. The Morgan fingerprint density at radius 1 is 0.511 bits per heavy atom. The van der Waals surface area contributed by atoms with Gasteiger partial charge in [0.1, 0.15) is 30.7 Å². The second-order valence-electron chi connectivity index (χ2n) is 31.4. The smallest absolute Gasteiger partial charge is 0.159 e. The van der Waals surface area contributed by atoms with Gasteiger partial charge in [0, 0.05) is 27.5 Å². The molecule has 1 atom stereocenters. The van der Waals surface area contributed by atoms with Gasteiger partial charge in [0.15, 0.2) is 6.29 Å². The van der Waals surface area contributed by atoms with E-state index in [0.717, 1.165) is 159 Å².